The minimum atomic E-state index is 0.459. The normalized spacial score (nSPS) is 15.4. The highest BCUT2D eigenvalue weighted by molar-refractivity contribution is 9.11. The maximum Gasteiger partial charge on any atom is 0.0701 e. The van der Waals surface area contributed by atoms with Crippen LogP contribution in [0.25, 0.3) is 0 Å². The van der Waals surface area contributed by atoms with Crippen LogP contribution in [0.15, 0.2) is 15.9 Å². The zero-order valence-corrected chi connectivity index (χ0v) is 11.9. The van der Waals surface area contributed by atoms with Crippen LogP contribution in [0.5, 0.6) is 0 Å². The molecule has 0 spiro atoms. The molecule has 2 atom stereocenters. The lowest BCUT2D eigenvalue weighted by Gasteiger charge is -2.15. The summed E-state index contributed by atoms with van der Waals surface area (Å²) in [6, 6.07) is 4.74. The van der Waals surface area contributed by atoms with Gasteiger partial charge in [-0.2, -0.15) is 11.8 Å². The molecule has 0 amide bonds. The Hall–Kier alpha value is 0.490. The van der Waals surface area contributed by atoms with Crippen molar-refractivity contribution in [1.29, 1.82) is 0 Å². The molecule has 1 nitrogen and oxygen atoms in total. The van der Waals surface area contributed by atoms with Crippen LogP contribution >= 0.6 is 39.0 Å². The molecule has 1 heterocycles. The van der Waals surface area contributed by atoms with Gasteiger partial charge in [-0.1, -0.05) is 6.92 Å². The van der Waals surface area contributed by atoms with E-state index in [0.717, 1.165) is 6.54 Å². The van der Waals surface area contributed by atoms with Gasteiger partial charge in [0.2, 0.25) is 0 Å². The molecule has 1 N–H and O–H groups in total. The smallest absolute Gasteiger partial charge is 0.0701 e. The van der Waals surface area contributed by atoms with Crippen LogP contribution in [0.1, 0.15) is 24.8 Å². The highest BCUT2D eigenvalue weighted by Gasteiger charge is 2.08. The second kappa shape index (κ2) is 6.16. The second-order valence-electron chi connectivity index (χ2n) is 3.32. The van der Waals surface area contributed by atoms with Gasteiger partial charge < -0.3 is 5.32 Å². The fourth-order valence-corrected chi connectivity index (χ4v) is 2.80. The van der Waals surface area contributed by atoms with Gasteiger partial charge in [0.25, 0.3) is 0 Å². The Labute approximate surface area is 103 Å². The van der Waals surface area contributed by atoms with Gasteiger partial charge >= 0.3 is 0 Å². The largest absolute Gasteiger partial charge is 0.308 e. The van der Waals surface area contributed by atoms with Crippen LogP contribution in [0.3, 0.4) is 0 Å². The minimum absolute atomic E-state index is 0.459. The van der Waals surface area contributed by atoms with Crippen molar-refractivity contribution in [3.05, 3.63) is 20.8 Å². The van der Waals surface area contributed by atoms with E-state index in [9.17, 15) is 0 Å². The highest BCUT2D eigenvalue weighted by Crippen LogP contribution is 2.27. The summed E-state index contributed by atoms with van der Waals surface area (Å²) < 4.78 is 1.21. The van der Waals surface area contributed by atoms with Crippen molar-refractivity contribution in [1.82, 2.24) is 5.32 Å². The molecule has 1 aromatic heterocycles. The first-order valence-corrected chi connectivity index (χ1v) is 7.54. The van der Waals surface area contributed by atoms with Gasteiger partial charge in [-0.05, 0) is 41.2 Å². The van der Waals surface area contributed by atoms with Crippen molar-refractivity contribution in [3.8, 4) is 0 Å². The molecule has 0 aliphatic heterocycles. The van der Waals surface area contributed by atoms with Gasteiger partial charge in [-0.15, -0.1) is 11.3 Å². The SMILES string of the molecule is CSC(C)CNC(C)c1ccc(Br)s1. The standard InChI is InChI=1S/C10H16BrNS2/c1-7(13-3)6-12-8(2)9-4-5-10(11)14-9/h4-5,7-8,12H,6H2,1-3H3. The van der Waals surface area contributed by atoms with Crippen molar-refractivity contribution in [2.75, 3.05) is 12.8 Å². The molecule has 0 aromatic carbocycles. The Morgan fingerprint density at radius 1 is 1.50 bits per heavy atom. The minimum Gasteiger partial charge on any atom is -0.308 e. The van der Waals surface area contributed by atoms with E-state index in [-0.39, 0.29) is 0 Å². The second-order valence-corrected chi connectivity index (χ2v) is 7.09. The number of halogens is 1. The van der Waals surface area contributed by atoms with Crippen molar-refractivity contribution >= 4 is 39.0 Å². The van der Waals surface area contributed by atoms with Gasteiger partial charge in [0, 0.05) is 22.7 Å². The van der Waals surface area contributed by atoms with Crippen LogP contribution < -0.4 is 5.32 Å². The Kier molecular flexibility index (Phi) is 5.52. The van der Waals surface area contributed by atoms with E-state index in [0.29, 0.717) is 11.3 Å². The third kappa shape index (κ3) is 3.93. The van der Waals surface area contributed by atoms with E-state index >= 15 is 0 Å². The highest BCUT2D eigenvalue weighted by atomic mass is 79.9. The molecular formula is C10H16BrNS2. The number of hydrogen-bond donors (Lipinski definition) is 1. The zero-order chi connectivity index (χ0) is 10.6. The molecule has 0 aliphatic carbocycles. The van der Waals surface area contributed by atoms with Gasteiger partial charge in [-0.25, -0.2) is 0 Å². The van der Waals surface area contributed by atoms with Gasteiger partial charge in [0.05, 0.1) is 3.79 Å². The summed E-state index contributed by atoms with van der Waals surface area (Å²) in [4.78, 5) is 1.39. The van der Waals surface area contributed by atoms with Crippen LogP contribution in [0.4, 0.5) is 0 Å². The van der Waals surface area contributed by atoms with E-state index in [1.165, 1.54) is 8.66 Å². The van der Waals surface area contributed by atoms with E-state index < -0.39 is 0 Å². The summed E-state index contributed by atoms with van der Waals surface area (Å²) >= 11 is 7.18. The first-order valence-electron chi connectivity index (χ1n) is 4.65. The van der Waals surface area contributed by atoms with Gasteiger partial charge in [-0.3, -0.25) is 0 Å². The molecule has 0 radical (unpaired) electrons. The summed E-state index contributed by atoms with van der Waals surface area (Å²) in [5.74, 6) is 0. The molecule has 2 unspecified atom stereocenters. The average Bonchev–Trinajstić information content (AvgIpc) is 2.60. The lowest BCUT2D eigenvalue weighted by atomic mass is 10.2. The predicted molar refractivity (Wildman–Crippen MR) is 71.4 cm³/mol. The van der Waals surface area contributed by atoms with Crippen LogP contribution in [-0.4, -0.2) is 18.1 Å². The van der Waals surface area contributed by atoms with Gasteiger partial charge in [0.15, 0.2) is 0 Å². The summed E-state index contributed by atoms with van der Waals surface area (Å²) in [7, 11) is 0. The van der Waals surface area contributed by atoms with Crippen LogP contribution in [0.2, 0.25) is 0 Å². The number of thioether (sulfide) groups is 1. The summed E-state index contributed by atoms with van der Waals surface area (Å²) in [5, 5.41) is 4.21. The molecular weight excluding hydrogens is 278 g/mol. The Balaban J connectivity index is 2.39. The molecule has 0 fully saturated rings. The van der Waals surface area contributed by atoms with E-state index in [1.807, 2.05) is 11.8 Å². The average molecular weight is 294 g/mol. The molecule has 1 rings (SSSR count). The van der Waals surface area contributed by atoms with Crippen molar-refractivity contribution in [2.45, 2.75) is 25.1 Å². The summed E-state index contributed by atoms with van der Waals surface area (Å²) in [5.41, 5.74) is 0. The Morgan fingerprint density at radius 3 is 2.71 bits per heavy atom. The number of thiophene rings is 1. The fraction of sp³-hybridized carbons (Fsp3) is 0.600. The third-order valence-electron chi connectivity index (χ3n) is 2.13. The number of rotatable bonds is 5. The number of hydrogen-bond acceptors (Lipinski definition) is 3. The maximum absolute atomic E-state index is 3.53. The third-order valence-corrected chi connectivity index (χ3v) is 4.91. The van der Waals surface area contributed by atoms with E-state index in [4.69, 9.17) is 0 Å². The topological polar surface area (TPSA) is 12.0 Å². The molecule has 80 valence electrons. The van der Waals surface area contributed by atoms with Crippen LogP contribution in [-0.2, 0) is 0 Å². The fourth-order valence-electron chi connectivity index (χ4n) is 1.09. The van der Waals surface area contributed by atoms with Gasteiger partial charge in [0.1, 0.15) is 0 Å². The number of nitrogens with one attached hydrogen (secondary N) is 1. The molecule has 0 aliphatic rings. The molecule has 0 bridgehead atoms. The van der Waals surface area contributed by atoms with E-state index in [1.54, 1.807) is 11.3 Å². The summed E-state index contributed by atoms with van der Waals surface area (Å²) in [6.45, 7) is 5.53. The van der Waals surface area contributed by atoms with E-state index in [2.05, 4.69) is 53.5 Å². The Morgan fingerprint density at radius 2 is 2.21 bits per heavy atom. The van der Waals surface area contributed by atoms with Crippen molar-refractivity contribution < 1.29 is 0 Å². The monoisotopic (exact) mass is 293 g/mol. The zero-order valence-electron chi connectivity index (χ0n) is 8.71. The summed E-state index contributed by atoms with van der Waals surface area (Å²) in [6.07, 6.45) is 2.15. The molecule has 0 saturated carbocycles. The first-order chi connectivity index (χ1) is 6.63. The quantitative estimate of drug-likeness (QED) is 0.883. The Bertz CT molecular complexity index is 275. The molecule has 0 saturated heterocycles. The molecule has 1 aromatic rings. The lowest BCUT2D eigenvalue weighted by molar-refractivity contribution is 0.584. The van der Waals surface area contributed by atoms with Crippen LogP contribution in [0, 0.1) is 0 Å². The van der Waals surface area contributed by atoms with Crippen molar-refractivity contribution in [3.63, 3.8) is 0 Å². The lowest BCUT2D eigenvalue weighted by Crippen LogP contribution is -2.25. The molecule has 14 heavy (non-hydrogen) atoms. The van der Waals surface area contributed by atoms with Crippen molar-refractivity contribution in [2.24, 2.45) is 0 Å². The predicted octanol–water partition coefficient (Wildman–Crippen LogP) is 3.91. The first kappa shape index (κ1) is 12.6. The molecule has 4 heteroatoms. The maximum atomic E-state index is 3.53.